The molecule has 8 nitrogen and oxygen atoms in total. The number of aryl methyl sites for hydroxylation is 1. The fourth-order valence-corrected chi connectivity index (χ4v) is 3.35. The Morgan fingerprint density at radius 2 is 2.12 bits per heavy atom. The number of rotatable bonds is 5. The van der Waals surface area contributed by atoms with Crippen molar-refractivity contribution in [3.05, 3.63) is 58.6 Å². The van der Waals surface area contributed by atoms with Gasteiger partial charge in [0.2, 0.25) is 5.82 Å². The number of thiophene rings is 1. The van der Waals surface area contributed by atoms with Crippen molar-refractivity contribution in [1.82, 2.24) is 36.1 Å². The molecule has 3 aromatic heterocycles. The van der Waals surface area contributed by atoms with Crippen molar-refractivity contribution in [3.63, 3.8) is 0 Å². The molecule has 9 heteroatoms. The minimum Gasteiger partial charge on any atom is -0.347 e. The first-order valence-electron chi connectivity index (χ1n) is 7.92. The van der Waals surface area contributed by atoms with E-state index in [0.717, 1.165) is 21.7 Å². The molecule has 4 aromatic rings. The highest BCUT2D eigenvalue weighted by molar-refractivity contribution is 7.15. The molecule has 0 aliphatic rings. The van der Waals surface area contributed by atoms with Crippen LogP contribution in [0.2, 0.25) is 0 Å². The van der Waals surface area contributed by atoms with Crippen LogP contribution in [0.15, 0.2) is 42.5 Å². The van der Waals surface area contributed by atoms with Gasteiger partial charge in [0.15, 0.2) is 5.69 Å². The number of nitrogens with zero attached hydrogens (tertiary/aromatic N) is 4. The summed E-state index contributed by atoms with van der Waals surface area (Å²) in [6.07, 6.45) is 0. The molecule has 0 spiro atoms. The van der Waals surface area contributed by atoms with Crippen molar-refractivity contribution >= 4 is 17.2 Å². The first kappa shape index (κ1) is 16.2. The van der Waals surface area contributed by atoms with Gasteiger partial charge in [-0.3, -0.25) is 9.89 Å². The van der Waals surface area contributed by atoms with E-state index in [0.29, 0.717) is 18.1 Å². The minimum atomic E-state index is -0.231. The lowest BCUT2D eigenvalue weighted by molar-refractivity contribution is 0.0946. The predicted molar refractivity (Wildman–Crippen MR) is 97.4 cm³/mol. The van der Waals surface area contributed by atoms with Crippen LogP contribution in [0.1, 0.15) is 20.9 Å². The number of aromatic nitrogens is 6. The van der Waals surface area contributed by atoms with E-state index < -0.39 is 0 Å². The van der Waals surface area contributed by atoms with E-state index >= 15 is 0 Å². The summed E-state index contributed by atoms with van der Waals surface area (Å²) < 4.78 is 0. The zero-order valence-electron chi connectivity index (χ0n) is 13.9. The van der Waals surface area contributed by atoms with Crippen molar-refractivity contribution in [2.75, 3.05) is 0 Å². The Morgan fingerprint density at radius 3 is 2.88 bits per heavy atom. The van der Waals surface area contributed by atoms with E-state index in [2.05, 4.69) is 36.1 Å². The van der Waals surface area contributed by atoms with Crippen LogP contribution >= 0.6 is 11.3 Å². The number of hydrogen-bond donors (Lipinski definition) is 3. The van der Waals surface area contributed by atoms with Crippen LogP contribution in [0.3, 0.4) is 0 Å². The summed E-state index contributed by atoms with van der Waals surface area (Å²) in [7, 11) is 0. The summed E-state index contributed by atoms with van der Waals surface area (Å²) in [6, 6.07) is 13.4. The van der Waals surface area contributed by atoms with Crippen LogP contribution in [0, 0.1) is 6.92 Å². The number of amides is 1. The molecule has 0 saturated carbocycles. The van der Waals surface area contributed by atoms with E-state index in [4.69, 9.17) is 0 Å². The molecular formula is C17H15N7OS. The molecule has 4 rings (SSSR count). The molecule has 26 heavy (non-hydrogen) atoms. The van der Waals surface area contributed by atoms with Gasteiger partial charge in [-0.25, -0.2) is 0 Å². The van der Waals surface area contributed by atoms with Gasteiger partial charge in [-0.1, -0.05) is 18.2 Å². The molecule has 0 saturated heterocycles. The average Bonchev–Trinajstić information content (AvgIpc) is 3.40. The highest BCUT2D eigenvalue weighted by Gasteiger charge is 2.12. The monoisotopic (exact) mass is 365 g/mol. The maximum Gasteiger partial charge on any atom is 0.272 e. The standard InChI is InChI=1S/C17H15N7OS/c1-10-5-6-15(26-10)13-8-14(20-19-13)17(25)18-9-11-3-2-4-12(7-11)16-21-23-24-22-16/h2-8H,9H2,1H3,(H,18,25)(H,19,20)(H,21,22,23,24). The van der Waals surface area contributed by atoms with Crippen molar-refractivity contribution in [1.29, 1.82) is 0 Å². The molecule has 0 aliphatic carbocycles. The van der Waals surface area contributed by atoms with E-state index in [1.165, 1.54) is 4.88 Å². The first-order valence-corrected chi connectivity index (χ1v) is 8.74. The van der Waals surface area contributed by atoms with Crippen LogP contribution in [0.5, 0.6) is 0 Å². The van der Waals surface area contributed by atoms with Crippen molar-refractivity contribution < 1.29 is 4.79 Å². The number of benzene rings is 1. The number of H-pyrrole nitrogens is 2. The first-order chi connectivity index (χ1) is 12.7. The molecule has 1 amide bonds. The molecule has 0 radical (unpaired) electrons. The largest absolute Gasteiger partial charge is 0.347 e. The number of nitrogens with one attached hydrogen (secondary N) is 3. The maximum atomic E-state index is 12.4. The van der Waals surface area contributed by atoms with Crippen LogP contribution in [-0.4, -0.2) is 36.7 Å². The Labute approximate surface area is 152 Å². The molecule has 0 aliphatic heterocycles. The van der Waals surface area contributed by atoms with Gasteiger partial charge in [0.05, 0.1) is 10.6 Å². The molecule has 3 heterocycles. The number of tetrazole rings is 1. The third-order valence-corrected chi connectivity index (χ3v) is 4.83. The molecule has 0 fully saturated rings. The summed E-state index contributed by atoms with van der Waals surface area (Å²) >= 11 is 1.65. The highest BCUT2D eigenvalue weighted by Crippen LogP contribution is 2.26. The molecule has 0 unspecified atom stereocenters. The molecule has 3 N–H and O–H groups in total. The zero-order chi connectivity index (χ0) is 17.9. The topological polar surface area (TPSA) is 112 Å². The van der Waals surface area contributed by atoms with Gasteiger partial charge in [0.1, 0.15) is 0 Å². The quantitative estimate of drug-likeness (QED) is 0.503. The summed E-state index contributed by atoms with van der Waals surface area (Å²) in [6.45, 7) is 2.42. The van der Waals surface area contributed by atoms with Gasteiger partial charge < -0.3 is 5.32 Å². The van der Waals surface area contributed by atoms with Crippen LogP contribution in [0.4, 0.5) is 0 Å². The Kier molecular flexibility index (Phi) is 4.28. The lowest BCUT2D eigenvalue weighted by Gasteiger charge is -2.04. The van der Waals surface area contributed by atoms with Gasteiger partial charge in [-0.05, 0) is 42.0 Å². The second kappa shape index (κ2) is 6.89. The van der Waals surface area contributed by atoms with Crippen molar-refractivity contribution in [3.8, 4) is 22.0 Å². The predicted octanol–water partition coefficient (Wildman–Crippen LogP) is 2.56. The summed E-state index contributed by atoms with van der Waals surface area (Å²) in [5.74, 6) is 0.284. The number of carbonyl (C=O) groups is 1. The van der Waals surface area contributed by atoms with Crippen molar-refractivity contribution in [2.45, 2.75) is 13.5 Å². The maximum absolute atomic E-state index is 12.4. The Balaban J connectivity index is 1.43. The second-order valence-corrected chi connectivity index (χ2v) is 6.98. The molecule has 0 atom stereocenters. The Hall–Kier alpha value is -3.33. The zero-order valence-corrected chi connectivity index (χ0v) is 14.7. The van der Waals surface area contributed by atoms with Gasteiger partial charge in [0, 0.05) is 17.0 Å². The van der Waals surface area contributed by atoms with E-state index in [1.54, 1.807) is 17.4 Å². The number of hydrogen-bond acceptors (Lipinski definition) is 6. The van der Waals surface area contributed by atoms with Crippen LogP contribution < -0.4 is 5.32 Å². The summed E-state index contributed by atoms with van der Waals surface area (Å²) in [4.78, 5) is 14.6. The minimum absolute atomic E-state index is 0.231. The normalized spacial score (nSPS) is 10.8. The van der Waals surface area contributed by atoms with E-state index in [1.807, 2.05) is 43.3 Å². The lowest BCUT2D eigenvalue weighted by Crippen LogP contribution is -2.23. The number of carbonyl (C=O) groups excluding carboxylic acids is 1. The van der Waals surface area contributed by atoms with Gasteiger partial charge in [-0.15, -0.1) is 21.5 Å². The Morgan fingerprint density at radius 1 is 1.19 bits per heavy atom. The van der Waals surface area contributed by atoms with Gasteiger partial charge in [0.25, 0.3) is 5.91 Å². The van der Waals surface area contributed by atoms with Crippen molar-refractivity contribution in [2.24, 2.45) is 0 Å². The third kappa shape index (κ3) is 3.38. The highest BCUT2D eigenvalue weighted by atomic mass is 32.1. The fourth-order valence-electron chi connectivity index (χ4n) is 2.52. The van der Waals surface area contributed by atoms with Crippen LogP contribution in [-0.2, 0) is 6.54 Å². The fraction of sp³-hybridized carbons (Fsp3) is 0.118. The third-order valence-electron chi connectivity index (χ3n) is 3.80. The molecule has 130 valence electrons. The molecule has 1 aromatic carbocycles. The Bertz CT molecular complexity index is 1040. The summed E-state index contributed by atoms with van der Waals surface area (Å²) in [5.41, 5.74) is 2.97. The molecular weight excluding hydrogens is 350 g/mol. The second-order valence-electron chi connectivity index (χ2n) is 5.70. The van der Waals surface area contributed by atoms with Gasteiger partial charge >= 0.3 is 0 Å². The smallest absolute Gasteiger partial charge is 0.272 e. The summed E-state index contributed by atoms with van der Waals surface area (Å²) in [5, 5.41) is 23.8. The molecule has 0 bridgehead atoms. The van der Waals surface area contributed by atoms with E-state index in [-0.39, 0.29) is 5.91 Å². The van der Waals surface area contributed by atoms with Crippen LogP contribution in [0.25, 0.3) is 22.0 Å². The van der Waals surface area contributed by atoms with E-state index in [9.17, 15) is 4.79 Å². The average molecular weight is 365 g/mol. The lowest BCUT2D eigenvalue weighted by atomic mass is 10.1. The number of aromatic amines is 2. The van der Waals surface area contributed by atoms with Gasteiger partial charge in [-0.2, -0.15) is 10.3 Å². The SMILES string of the molecule is Cc1ccc(-c2cc(C(=O)NCc3cccc(-c4nn[nH]n4)c3)n[nH]2)s1.